The first kappa shape index (κ1) is 44.3. The van der Waals surface area contributed by atoms with Gasteiger partial charge < -0.3 is 9.80 Å². The molecule has 4 aliphatic carbocycles. The lowest BCUT2D eigenvalue weighted by atomic mass is 9.70. The fourth-order valence-corrected chi connectivity index (χ4v) is 15.7. The Morgan fingerprint density at radius 1 is 0.241 bits per heavy atom. The van der Waals surface area contributed by atoms with Crippen molar-refractivity contribution in [2.75, 3.05) is 9.80 Å². The van der Waals surface area contributed by atoms with Crippen LogP contribution >= 0.6 is 11.3 Å². The van der Waals surface area contributed by atoms with E-state index in [0.717, 1.165) is 34.1 Å². The minimum Gasteiger partial charge on any atom is -0.310 e. The number of hydrogen-bond acceptors (Lipinski definition) is 3. The van der Waals surface area contributed by atoms with Gasteiger partial charge in [0.25, 0.3) is 0 Å². The fourth-order valence-electron chi connectivity index (χ4n) is 14.7. The van der Waals surface area contributed by atoms with Crippen LogP contribution in [0, 0.1) is 0 Å². The van der Waals surface area contributed by atoms with Crippen LogP contribution in [0.25, 0.3) is 65.7 Å². The number of fused-ring (bicyclic) bond motifs is 21. The van der Waals surface area contributed by atoms with Crippen LogP contribution in [0.2, 0.25) is 0 Å². The maximum absolute atomic E-state index is 2.50. The number of nitrogens with zero attached hydrogens (tertiary/aromatic N) is 2. The zero-order valence-corrected chi connectivity index (χ0v) is 43.8. The van der Waals surface area contributed by atoms with Crippen LogP contribution in [-0.2, 0) is 10.8 Å². The summed E-state index contributed by atoms with van der Waals surface area (Å²) in [5.41, 5.74) is 29.5. The largest absolute Gasteiger partial charge is 0.310 e. The van der Waals surface area contributed by atoms with Crippen LogP contribution in [0.15, 0.2) is 290 Å². The van der Waals surface area contributed by atoms with Crippen LogP contribution in [0.4, 0.5) is 34.1 Å². The summed E-state index contributed by atoms with van der Waals surface area (Å²) in [7, 11) is 0. The van der Waals surface area contributed by atoms with Crippen molar-refractivity contribution >= 4 is 55.5 Å². The standard InChI is InChI=1S/C76H48N2S/c1-3-19-50(20-4-1)77(53-40-43-71-64(47-53)61-28-12-18-34-70(61)75(71)65-29-13-7-23-56(65)57-24-8-14-30-66(57)75)52-37-35-49(36-38-52)55-42-44-73(63-45-46-79-74(55)63)78(51-21-5-2-6-22-51)54-39-41-62-60-27-11-17-33-69(60)76(72(62)48-54)67-31-15-9-25-58(67)59-26-10-16-32-68(59)76/h1-48H. The van der Waals surface area contributed by atoms with Gasteiger partial charge in [0, 0.05) is 38.5 Å². The summed E-state index contributed by atoms with van der Waals surface area (Å²) in [6.45, 7) is 0. The molecule has 0 atom stereocenters. The highest BCUT2D eigenvalue weighted by atomic mass is 32.1. The van der Waals surface area contributed by atoms with E-state index in [1.807, 2.05) is 11.3 Å². The second-order valence-corrected chi connectivity index (χ2v) is 22.3. The Bertz CT molecular complexity index is 4520. The molecule has 0 N–H and O–H groups in total. The summed E-state index contributed by atoms with van der Waals surface area (Å²) in [5.74, 6) is 0. The lowest BCUT2D eigenvalue weighted by molar-refractivity contribution is 0.793. The van der Waals surface area contributed by atoms with Gasteiger partial charge in [-0.2, -0.15) is 0 Å². The van der Waals surface area contributed by atoms with Crippen molar-refractivity contribution in [1.29, 1.82) is 0 Å². The third kappa shape index (κ3) is 6.00. The number of para-hydroxylation sites is 2. The number of hydrogen-bond donors (Lipinski definition) is 0. The SMILES string of the molecule is c1ccc(N(c2ccc(-c3ccc(N(c4ccccc4)c4ccc5c(c4)C4(c6ccccc6-c6ccccc64)c4ccccc4-5)c4ccsc34)cc2)c2ccc3c(c2)-c2ccccc2C32c3ccccc3-c3ccccc32)cc1. The second kappa shape index (κ2) is 16.8. The molecule has 1 aromatic heterocycles. The van der Waals surface area contributed by atoms with Crippen molar-refractivity contribution in [3.8, 4) is 55.6 Å². The first-order chi connectivity index (χ1) is 39.2. The number of anilines is 6. The normalized spacial score (nSPS) is 13.8. The maximum atomic E-state index is 2.50. The van der Waals surface area contributed by atoms with Gasteiger partial charge in [0.2, 0.25) is 0 Å². The number of rotatable bonds is 7. The van der Waals surface area contributed by atoms with Crippen LogP contribution in [0.5, 0.6) is 0 Å². The Hall–Kier alpha value is -9.80. The highest BCUT2D eigenvalue weighted by molar-refractivity contribution is 7.17. The molecule has 17 rings (SSSR count). The Labute approximate surface area is 464 Å². The van der Waals surface area contributed by atoms with Crippen molar-refractivity contribution in [1.82, 2.24) is 0 Å². The van der Waals surface area contributed by atoms with Crippen LogP contribution in [0.1, 0.15) is 44.5 Å². The number of benzene rings is 12. The summed E-state index contributed by atoms with van der Waals surface area (Å²) in [5, 5.41) is 3.48. The van der Waals surface area contributed by atoms with E-state index in [2.05, 4.69) is 300 Å². The molecule has 79 heavy (non-hydrogen) atoms. The number of thiophene rings is 1. The third-order valence-electron chi connectivity index (χ3n) is 17.8. The first-order valence-electron chi connectivity index (χ1n) is 27.4. The molecule has 0 radical (unpaired) electrons. The van der Waals surface area contributed by atoms with E-state index >= 15 is 0 Å². The van der Waals surface area contributed by atoms with Crippen LogP contribution in [-0.4, -0.2) is 0 Å². The van der Waals surface area contributed by atoms with Gasteiger partial charge in [-0.25, -0.2) is 0 Å². The molecule has 0 unspecified atom stereocenters. The van der Waals surface area contributed by atoms with Crippen molar-refractivity contribution < 1.29 is 0 Å². The highest BCUT2D eigenvalue weighted by Gasteiger charge is 2.53. The lowest BCUT2D eigenvalue weighted by Gasteiger charge is -2.32. The highest BCUT2D eigenvalue weighted by Crippen LogP contribution is 2.65. The molecule has 2 nitrogen and oxygen atoms in total. The zero-order valence-electron chi connectivity index (χ0n) is 43.0. The predicted molar refractivity (Wildman–Crippen MR) is 329 cm³/mol. The van der Waals surface area contributed by atoms with Gasteiger partial charge in [-0.1, -0.05) is 212 Å². The van der Waals surface area contributed by atoms with Crippen LogP contribution in [0.3, 0.4) is 0 Å². The van der Waals surface area contributed by atoms with E-state index in [1.165, 1.54) is 110 Å². The van der Waals surface area contributed by atoms with Gasteiger partial charge in [0.05, 0.1) is 16.5 Å². The minimum absolute atomic E-state index is 0.385. The third-order valence-corrected chi connectivity index (χ3v) is 18.7. The molecule has 0 bridgehead atoms. The van der Waals surface area contributed by atoms with Gasteiger partial charge in [0.1, 0.15) is 0 Å². The molecule has 0 saturated carbocycles. The van der Waals surface area contributed by atoms with Crippen LogP contribution < -0.4 is 9.80 Å². The van der Waals surface area contributed by atoms with E-state index in [1.54, 1.807) is 0 Å². The van der Waals surface area contributed by atoms with Crippen molar-refractivity contribution in [2.24, 2.45) is 0 Å². The topological polar surface area (TPSA) is 6.48 Å². The molecule has 12 aromatic carbocycles. The smallest absolute Gasteiger partial charge is 0.0726 e. The Morgan fingerprint density at radius 2 is 0.608 bits per heavy atom. The molecule has 368 valence electrons. The predicted octanol–water partition coefficient (Wildman–Crippen LogP) is 20.2. The Balaban J connectivity index is 0.776. The molecule has 4 aliphatic rings. The maximum Gasteiger partial charge on any atom is 0.0726 e. The van der Waals surface area contributed by atoms with E-state index in [-0.39, 0.29) is 5.41 Å². The second-order valence-electron chi connectivity index (χ2n) is 21.4. The Kier molecular flexibility index (Phi) is 9.46. The molecular formula is C76H48N2S. The Morgan fingerprint density at radius 3 is 1.13 bits per heavy atom. The van der Waals surface area contributed by atoms with Crippen molar-refractivity contribution in [3.63, 3.8) is 0 Å². The molecule has 0 aliphatic heterocycles. The molecule has 13 aromatic rings. The van der Waals surface area contributed by atoms with Gasteiger partial charge in [-0.05, 0) is 178 Å². The van der Waals surface area contributed by atoms with E-state index in [9.17, 15) is 0 Å². The molecular weight excluding hydrogens is 973 g/mol. The first-order valence-corrected chi connectivity index (χ1v) is 28.3. The van der Waals surface area contributed by atoms with E-state index in [0.29, 0.717) is 0 Å². The fraction of sp³-hybridized carbons (Fsp3) is 0.0263. The van der Waals surface area contributed by atoms with Gasteiger partial charge in [0.15, 0.2) is 0 Å². The minimum atomic E-state index is -0.439. The summed E-state index contributed by atoms with van der Waals surface area (Å²) in [4.78, 5) is 4.89. The molecule has 0 fully saturated rings. The quantitative estimate of drug-likeness (QED) is 0.157. The monoisotopic (exact) mass is 1020 g/mol. The molecule has 2 spiro atoms. The average molecular weight is 1020 g/mol. The molecule has 0 saturated heterocycles. The molecule has 3 heteroatoms. The average Bonchev–Trinajstić information content (AvgIpc) is 4.45. The summed E-state index contributed by atoms with van der Waals surface area (Å²) < 4.78 is 1.26. The van der Waals surface area contributed by atoms with Crippen molar-refractivity contribution in [3.05, 3.63) is 335 Å². The molecule has 0 amide bonds. The van der Waals surface area contributed by atoms with Gasteiger partial charge in [-0.15, -0.1) is 11.3 Å². The van der Waals surface area contributed by atoms with Crippen molar-refractivity contribution in [2.45, 2.75) is 10.8 Å². The van der Waals surface area contributed by atoms with E-state index < -0.39 is 5.41 Å². The summed E-state index contributed by atoms with van der Waals surface area (Å²) in [6.07, 6.45) is 0. The van der Waals surface area contributed by atoms with Gasteiger partial charge >= 0.3 is 0 Å². The lowest BCUT2D eigenvalue weighted by Crippen LogP contribution is -2.26. The zero-order chi connectivity index (χ0) is 51.8. The van der Waals surface area contributed by atoms with E-state index in [4.69, 9.17) is 0 Å². The molecule has 1 heterocycles. The van der Waals surface area contributed by atoms with Gasteiger partial charge in [-0.3, -0.25) is 0 Å². The summed E-state index contributed by atoms with van der Waals surface area (Å²) in [6, 6.07) is 107. The summed E-state index contributed by atoms with van der Waals surface area (Å²) >= 11 is 1.81.